The van der Waals surface area contributed by atoms with Crippen LogP contribution in [0.3, 0.4) is 0 Å². The van der Waals surface area contributed by atoms with Gasteiger partial charge in [0.2, 0.25) is 0 Å². The van der Waals surface area contributed by atoms with Gasteiger partial charge in [0.05, 0.1) is 0 Å². The summed E-state index contributed by atoms with van der Waals surface area (Å²) in [6.07, 6.45) is 0.209. The molecule has 0 saturated heterocycles. The summed E-state index contributed by atoms with van der Waals surface area (Å²) < 4.78 is 37.4. The molecular weight excluding hydrogens is 172 g/mol. The van der Waals surface area contributed by atoms with Crippen LogP contribution in [0.5, 0.6) is 0 Å². The lowest BCUT2D eigenvalue weighted by Gasteiger charge is -1.99. The van der Waals surface area contributed by atoms with Gasteiger partial charge < -0.3 is 0 Å². The molecule has 0 fully saturated rings. The van der Waals surface area contributed by atoms with E-state index in [2.05, 4.69) is 9.24 Å². The van der Waals surface area contributed by atoms with Crippen molar-refractivity contribution in [3.63, 3.8) is 0 Å². The van der Waals surface area contributed by atoms with Crippen LogP contribution in [0.4, 0.5) is 13.2 Å². The van der Waals surface area contributed by atoms with Gasteiger partial charge in [0.15, 0.2) is 11.6 Å². The molecule has 0 N–H and O–H groups in total. The Balaban J connectivity index is 3.24. The van der Waals surface area contributed by atoms with Crippen LogP contribution in [0, 0.1) is 17.5 Å². The van der Waals surface area contributed by atoms with E-state index in [4.69, 9.17) is 0 Å². The van der Waals surface area contributed by atoms with Crippen molar-refractivity contribution in [2.45, 2.75) is 6.16 Å². The standard InChI is InChI=1S/C7H6F3P/c8-5-1-4(3-11)7(10)6(9)2-5/h1-2H,3,11H2. The normalized spacial score (nSPS) is 10.2. The Kier molecular flexibility index (Phi) is 2.50. The first-order chi connectivity index (χ1) is 5.15. The zero-order chi connectivity index (χ0) is 8.43. The molecule has 60 valence electrons. The largest absolute Gasteiger partial charge is 0.207 e. The number of rotatable bonds is 1. The van der Waals surface area contributed by atoms with Gasteiger partial charge in [-0.1, -0.05) is 0 Å². The SMILES string of the molecule is Fc1cc(F)c(F)c(CP)c1. The van der Waals surface area contributed by atoms with Crippen molar-refractivity contribution >= 4 is 9.24 Å². The lowest BCUT2D eigenvalue weighted by molar-refractivity contribution is 0.488. The smallest absolute Gasteiger partial charge is 0.162 e. The zero-order valence-corrected chi connectivity index (χ0v) is 6.73. The van der Waals surface area contributed by atoms with Crippen molar-refractivity contribution in [1.82, 2.24) is 0 Å². The maximum atomic E-state index is 12.6. The average molecular weight is 178 g/mol. The minimum absolute atomic E-state index is 0.0347. The quantitative estimate of drug-likeness (QED) is 0.457. The van der Waals surface area contributed by atoms with Crippen molar-refractivity contribution in [2.24, 2.45) is 0 Å². The van der Waals surface area contributed by atoms with Gasteiger partial charge in [-0.3, -0.25) is 0 Å². The predicted octanol–water partition coefficient (Wildman–Crippen LogP) is 2.48. The highest BCUT2D eigenvalue weighted by atomic mass is 31.0. The van der Waals surface area contributed by atoms with Gasteiger partial charge in [-0.05, 0) is 17.8 Å². The van der Waals surface area contributed by atoms with Crippen LogP contribution in [0.15, 0.2) is 12.1 Å². The van der Waals surface area contributed by atoms with Crippen LogP contribution in [-0.4, -0.2) is 0 Å². The third-order valence-electron chi connectivity index (χ3n) is 1.29. The van der Waals surface area contributed by atoms with Gasteiger partial charge in [0.25, 0.3) is 0 Å². The molecule has 1 unspecified atom stereocenters. The lowest BCUT2D eigenvalue weighted by Crippen LogP contribution is -1.92. The van der Waals surface area contributed by atoms with E-state index in [9.17, 15) is 13.2 Å². The van der Waals surface area contributed by atoms with E-state index in [-0.39, 0.29) is 11.7 Å². The predicted molar refractivity (Wildman–Crippen MR) is 39.7 cm³/mol. The first-order valence-corrected chi connectivity index (χ1v) is 3.80. The maximum absolute atomic E-state index is 12.6. The molecule has 0 heterocycles. The molecule has 4 heteroatoms. The number of benzene rings is 1. The molecule has 0 aliphatic rings. The topological polar surface area (TPSA) is 0 Å². The van der Waals surface area contributed by atoms with Crippen molar-refractivity contribution in [1.29, 1.82) is 0 Å². The molecule has 1 rings (SSSR count). The Morgan fingerprint density at radius 2 is 1.82 bits per heavy atom. The van der Waals surface area contributed by atoms with Crippen molar-refractivity contribution in [2.75, 3.05) is 0 Å². The molecule has 0 radical (unpaired) electrons. The van der Waals surface area contributed by atoms with E-state index >= 15 is 0 Å². The van der Waals surface area contributed by atoms with Crippen molar-refractivity contribution < 1.29 is 13.2 Å². The van der Waals surface area contributed by atoms with Gasteiger partial charge in [0.1, 0.15) is 5.82 Å². The third-order valence-corrected chi connectivity index (χ3v) is 1.73. The second kappa shape index (κ2) is 3.22. The Bertz CT molecular complexity index is 273. The molecule has 0 saturated carbocycles. The lowest BCUT2D eigenvalue weighted by atomic mass is 10.2. The monoisotopic (exact) mass is 178 g/mol. The Hall–Kier alpha value is -0.560. The number of hydrogen-bond donors (Lipinski definition) is 0. The van der Waals surface area contributed by atoms with Crippen LogP contribution >= 0.6 is 9.24 Å². The van der Waals surface area contributed by atoms with Gasteiger partial charge in [-0.15, -0.1) is 9.24 Å². The van der Waals surface area contributed by atoms with Crippen LogP contribution in [0.25, 0.3) is 0 Å². The summed E-state index contributed by atoms with van der Waals surface area (Å²) in [7, 11) is 2.20. The van der Waals surface area contributed by atoms with E-state index < -0.39 is 17.5 Å². The highest BCUT2D eigenvalue weighted by Crippen LogP contribution is 2.16. The maximum Gasteiger partial charge on any atom is 0.162 e. The summed E-state index contributed by atoms with van der Waals surface area (Å²) >= 11 is 0. The van der Waals surface area contributed by atoms with E-state index in [1.54, 1.807) is 0 Å². The Morgan fingerprint density at radius 1 is 1.18 bits per heavy atom. The summed E-state index contributed by atoms with van der Waals surface area (Å²) in [6.45, 7) is 0. The fourth-order valence-corrected chi connectivity index (χ4v) is 1.05. The highest BCUT2D eigenvalue weighted by Gasteiger charge is 2.08. The van der Waals surface area contributed by atoms with Gasteiger partial charge in [-0.2, -0.15) is 0 Å². The fraction of sp³-hybridized carbons (Fsp3) is 0.143. The molecule has 0 aromatic heterocycles. The molecule has 1 aromatic carbocycles. The number of hydrogen-bond acceptors (Lipinski definition) is 0. The minimum atomic E-state index is -1.14. The van der Waals surface area contributed by atoms with E-state index in [0.717, 1.165) is 6.07 Å². The van der Waals surface area contributed by atoms with Crippen LogP contribution in [-0.2, 0) is 6.16 Å². The summed E-state index contributed by atoms with van der Waals surface area (Å²) in [5, 5.41) is 0. The molecule has 0 nitrogen and oxygen atoms in total. The fourth-order valence-electron chi connectivity index (χ4n) is 0.758. The van der Waals surface area contributed by atoms with Crippen molar-refractivity contribution in [3.8, 4) is 0 Å². The van der Waals surface area contributed by atoms with E-state index in [1.807, 2.05) is 0 Å². The molecular formula is C7H6F3P. The Labute approximate surface area is 64.6 Å². The molecule has 0 aliphatic carbocycles. The molecule has 0 spiro atoms. The minimum Gasteiger partial charge on any atom is -0.207 e. The van der Waals surface area contributed by atoms with Crippen LogP contribution in [0.1, 0.15) is 5.56 Å². The Morgan fingerprint density at radius 3 is 2.36 bits per heavy atom. The van der Waals surface area contributed by atoms with Crippen LogP contribution in [0.2, 0.25) is 0 Å². The van der Waals surface area contributed by atoms with Gasteiger partial charge in [-0.25, -0.2) is 13.2 Å². The van der Waals surface area contributed by atoms with Crippen molar-refractivity contribution in [3.05, 3.63) is 35.1 Å². The highest BCUT2D eigenvalue weighted by molar-refractivity contribution is 7.15. The second-order valence-corrected chi connectivity index (χ2v) is 2.47. The molecule has 0 aliphatic heterocycles. The van der Waals surface area contributed by atoms with E-state index in [1.165, 1.54) is 0 Å². The summed E-state index contributed by atoms with van der Waals surface area (Å²) in [6, 6.07) is 1.50. The van der Waals surface area contributed by atoms with Crippen LogP contribution < -0.4 is 0 Å². The zero-order valence-electron chi connectivity index (χ0n) is 5.57. The average Bonchev–Trinajstić information content (AvgIpc) is 1.96. The van der Waals surface area contributed by atoms with Gasteiger partial charge in [0, 0.05) is 6.07 Å². The summed E-state index contributed by atoms with van der Waals surface area (Å²) in [5.41, 5.74) is 0.0347. The first kappa shape index (κ1) is 8.54. The summed E-state index contributed by atoms with van der Waals surface area (Å²) in [4.78, 5) is 0. The molecule has 1 aromatic rings. The molecule has 1 atom stereocenters. The number of halogens is 3. The molecule has 11 heavy (non-hydrogen) atoms. The molecule has 0 amide bonds. The second-order valence-electron chi connectivity index (χ2n) is 2.06. The van der Waals surface area contributed by atoms with Gasteiger partial charge >= 0.3 is 0 Å². The third kappa shape index (κ3) is 1.72. The van der Waals surface area contributed by atoms with E-state index in [0.29, 0.717) is 6.07 Å². The first-order valence-electron chi connectivity index (χ1n) is 2.98. The summed E-state index contributed by atoms with van der Waals surface area (Å²) in [5.74, 6) is -2.86. The molecule has 0 bridgehead atoms.